The van der Waals surface area contributed by atoms with Crippen molar-refractivity contribution < 1.29 is 14.3 Å². The molecule has 7 nitrogen and oxygen atoms in total. The highest BCUT2D eigenvalue weighted by molar-refractivity contribution is 5.96. The molecule has 1 aromatic rings. The van der Waals surface area contributed by atoms with Crippen LogP contribution < -0.4 is 11.1 Å². The largest absolute Gasteiger partial charge is 0.394 e. The number of amides is 1. The molecule has 0 radical (unpaired) electrons. The van der Waals surface area contributed by atoms with Gasteiger partial charge in [-0.2, -0.15) is 5.10 Å². The molecule has 1 atom stereocenters. The number of nitrogens with one attached hydrogen (secondary N) is 2. The highest BCUT2D eigenvalue weighted by atomic mass is 16.6. The van der Waals surface area contributed by atoms with Gasteiger partial charge >= 0.3 is 0 Å². The van der Waals surface area contributed by atoms with Crippen molar-refractivity contribution in [2.75, 3.05) is 30.9 Å². The van der Waals surface area contributed by atoms with Gasteiger partial charge in [0.1, 0.15) is 0 Å². The van der Waals surface area contributed by atoms with E-state index in [1.165, 1.54) is 0 Å². The first-order valence-electron chi connectivity index (χ1n) is 4.99. The molecule has 0 bridgehead atoms. The molecule has 0 aliphatic carbocycles. The third-order valence-corrected chi connectivity index (χ3v) is 2.34. The number of hydrogen-bond acceptors (Lipinski definition) is 5. The Hall–Kier alpha value is -1.60. The predicted octanol–water partition coefficient (Wildman–Crippen LogP) is -0.346. The SMILES string of the molecule is Cc1[nH]nc(NC(=O)C2COCCO2)c1N. The van der Waals surface area contributed by atoms with Gasteiger partial charge in [-0.05, 0) is 6.92 Å². The van der Waals surface area contributed by atoms with Gasteiger partial charge in [0.05, 0.1) is 31.2 Å². The highest BCUT2D eigenvalue weighted by Gasteiger charge is 2.24. The van der Waals surface area contributed by atoms with Crippen LogP contribution in [-0.4, -0.2) is 42.0 Å². The summed E-state index contributed by atoms with van der Waals surface area (Å²) in [6.45, 7) is 2.98. The van der Waals surface area contributed by atoms with Gasteiger partial charge in [-0.15, -0.1) is 0 Å². The fraction of sp³-hybridized carbons (Fsp3) is 0.556. The summed E-state index contributed by atoms with van der Waals surface area (Å²) in [7, 11) is 0. The van der Waals surface area contributed by atoms with Crippen molar-refractivity contribution in [3.05, 3.63) is 5.69 Å². The molecular formula is C9H14N4O3. The molecule has 0 aromatic carbocycles. The Morgan fingerprint density at radius 2 is 2.44 bits per heavy atom. The van der Waals surface area contributed by atoms with Crippen molar-refractivity contribution in [2.45, 2.75) is 13.0 Å². The van der Waals surface area contributed by atoms with E-state index in [1.54, 1.807) is 6.92 Å². The van der Waals surface area contributed by atoms with E-state index in [2.05, 4.69) is 15.5 Å². The molecule has 1 fully saturated rings. The zero-order valence-corrected chi connectivity index (χ0v) is 8.95. The zero-order valence-electron chi connectivity index (χ0n) is 8.95. The number of hydrogen-bond donors (Lipinski definition) is 3. The normalized spacial score (nSPS) is 20.7. The standard InChI is InChI=1S/C9H14N4O3/c1-5-7(10)8(13-12-5)11-9(14)6-4-15-2-3-16-6/h6H,2-4,10H2,1H3,(H2,11,12,13,14). The molecule has 88 valence electrons. The van der Waals surface area contributed by atoms with E-state index in [0.29, 0.717) is 24.7 Å². The maximum Gasteiger partial charge on any atom is 0.257 e. The maximum absolute atomic E-state index is 11.7. The Labute approximate surface area is 92.3 Å². The van der Waals surface area contributed by atoms with Crippen molar-refractivity contribution in [3.8, 4) is 0 Å². The Bertz CT molecular complexity index is 384. The predicted molar refractivity (Wildman–Crippen MR) is 56.9 cm³/mol. The number of nitrogens with zero attached hydrogens (tertiary/aromatic N) is 1. The van der Waals surface area contributed by atoms with E-state index in [9.17, 15) is 4.79 Å². The zero-order chi connectivity index (χ0) is 11.5. The molecule has 2 heterocycles. The van der Waals surface area contributed by atoms with Crippen LogP contribution in [0, 0.1) is 6.92 Å². The maximum atomic E-state index is 11.7. The van der Waals surface area contributed by atoms with Crippen molar-refractivity contribution >= 4 is 17.4 Å². The van der Waals surface area contributed by atoms with E-state index in [1.807, 2.05) is 0 Å². The van der Waals surface area contributed by atoms with Gasteiger partial charge in [0.25, 0.3) is 5.91 Å². The number of aromatic amines is 1. The molecule has 1 amide bonds. The Morgan fingerprint density at radius 3 is 3.00 bits per heavy atom. The number of aryl methyl sites for hydroxylation is 1. The molecule has 16 heavy (non-hydrogen) atoms. The van der Waals surface area contributed by atoms with Crippen LogP contribution in [0.3, 0.4) is 0 Å². The van der Waals surface area contributed by atoms with Crippen LogP contribution in [0.4, 0.5) is 11.5 Å². The molecule has 0 saturated carbocycles. The van der Waals surface area contributed by atoms with Gasteiger partial charge in [0, 0.05) is 0 Å². The van der Waals surface area contributed by atoms with Crippen LogP contribution in [0.15, 0.2) is 0 Å². The van der Waals surface area contributed by atoms with E-state index in [4.69, 9.17) is 15.2 Å². The third kappa shape index (κ3) is 2.15. The second-order valence-electron chi connectivity index (χ2n) is 3.53. The lowest BCUT2D eigenvalue weighted by molar-refractivity contribution is -0.142. The number of carbonyl (C=O) groups excluding carboxylic acids is 1. The Morgan fingerprint density at radius 1 is 1.62 bits per heavy atom. The number of rotatable bonds is 2. The minimum absolute atomic E-state index is 0.259. The molecule has 7 heteroatoms. The summed E-state index contributed by atoms with van der Waals surface area (Å²) in [5.41, 5.74) is 6.85. The lowest BCUT2D eigenvalue weighted by atomic mass is 10.3. The third-order valence-electron chi connectivity index (χ3n) is 2.34. The van der Waals surface area contributed by atoms with Gasteiger partial charge in [-0.3, -0.25) is 9.89 Å². The summed E-state index contributed by atoms with van der Waals surface area (Å²) in [5, 5.41) is 9.14. The van der Waals surface area contributed by atoms with Crippen LogP contribution >= 0.6 is 0 Å². The van der Waals surface area contributed by atoms with Crippen LogP contribution in [0.25, 0.3) is 0 Å². The first-order chi connectivity index (χ1) is 7.68. The van der Waals surface area contributed by atoms with Crippen molar-refractivity contribution in [1.82, 2.24) is 10.2 Å². The average Bonchev–Trinajstić information content (AvgIpc) is 2.62. The van der Waals surface area contributed by atoms with Gasteiger partial charge < -0.3 is 20.5 Å². The van der Waals surface area contributed by atoms with Crippen LogP contribution in [0.5, 0.6) is 0 Å². The molecule has 0 spiro atoms. The lowest BCUT2D eigenvalue weighted by Crippen LogP contribution is -2.39. The number of carbonyl (C=O) groups is 1. The summed E-state index contributed by atoms with van der Waals surface area (Å²) < 4.78 is 10.4. The molecule has 2 rings (SSSR count). The summed E-state index contributed by atoms with van der Waals surface area (Å²) in [6.07, 6.45) is -0.592. The number of nitrogen functional groups attached to an aromatic ring is 1. The Kier molecular flexibility index (Phi) is 3.07. The van der Waals surface area contributed by atoms with Crippen molar-refractivity contribution in [1.29, 1.82) is 0 Å². The molecule has 4 N–H and O–H groups in total. The van der Waals surface area contributed by atoms with E-state index in [0.717, 1.165) is 5.69 Å². The van der Waals surface area contributed by atoms with E-state index < -0.39 is 6.10 Å². The van der Waals surface area contributed by atoms with Gasteiger partial charge in [-0.1, -0.05) is 0 Å². The quantitative estimate of drug-likeness (QED) is 0.640. The Balaban J connectivity index is 1.98. The number of nitrogens with two attached hydrogens (primary N) is 1. The molecule has 1 unspecified atom stereocenters. The number of ether oxygens (including phenoxy) is 2. The van der Waals surface area contributed by atoms with Crippen LogP contribution in [0.1, 0.15) is 5.69 Å². The van der Waals surface area contributed by atoms with Crippen molar-refractivity contribution in [3.63, 3.8) is 0 Å². The smallest absolute Gasteiger partial charge is 0.257 e. The average molecular weight is 226 g/mol. The van der Waals surface area contributed by atoms with Crippen LogP contribution in [-0.2, 0) is 14.3 Å². The monoisotopic (exact) mass is 226 g/mol. The first kappa shape index (κ1) is 10.9. The van der Waals surface area contributed by atoms with Gasteiger partial charge in [0.2, 0.25) is 0 Å². The molecule has 1 saturated heterocycles. The van der Waals surface area contributed by atoms with E-state index in [-0.39, 0.29) is 12.5 Å². The minimum atomic E-state index is -0.592. The second-order valence-corrected chi connectivity index (χ2v) is 3.53. The minimum Gasteiger partial charge on any atom is -0.394 e. The van der Waals surface area contributed by atoms with Crippen LogP contribution in [0.2, 0.25) is 0 Å². The number of aromatic nitrogens is 2. The highest BCUT2D eigenvalue weighted by Crippen LogP contribution is 2.18. The summed E-state index contributed by atoms with van der Waals surface area (Å²) in [5.74, 6) is 0.0366. The molecule has 1 aromatic heterocycles. The van der Waals surface area contributed by atoms with Gasteiger partial charge in [0.15, 0.2) is 11.9 Å². The summed E-state index contributed by atoms with van der Waals surface area (Å²) in [6, 6.07) is 0. The lowest BCUT2D eigenvalue weighted by Gasteiger charge is -2.21. The number of anilines is 2. The topological polar surface area (TPSA) is 102 Å². The second kappa shape index (κ2) is 4.50. The first-order valence-corrected chi connectivity index (χ1v) is 4.99. The molecular weight excluding hydrogens is 212 g/mol. The summed E-state index contributed by atoms with van der Waals surface area (Å²) in [4.78, 5) is 11.7. The molecule has 1 aliphatic rings. The summed E-state index contributed by atoms with van der Waals surface area (Å²) >= 11 is 0. The molecule has 1 aliphatic heterocycles. The van der Waals surface area contributed by atoms with Crippen molar-refractivity contribution in [2.24, 2.45) is 0 Å². The fourth-order valence-corrected chi connectivity index (χ4v) is 1.37. The van der Waals surface area contributed by atoms with Gasteiger partial charge in [-0.25, -0.2) is 0 Å². The van der Waals surface area contributed by atoms with E-state index >= 15 is 0 Å². The number of H-pyrrole nitrogens is 1. The fourth-order valence-electron chi connectivity index (χ4n) is 1.37.